The zero-order valence-corrected chi connectivity index (χ0v) is 14.1. The summed E-state index contributed by atoms with van der Waals surface area (Å²) in [5.74, 6) is 1.45. The molecule has 0 N–H and O–H groups in total. The molecular formula is C18H20O6. The Kier molecular flexibility index (Phi) is 5.89. The third-order valence-electron chi connectivity index (χ3n) is 3.25. The molecule has 0 aliphatic rings. The zero-order valence-electron chi connectivity index (χ0n) is 14.1. The van der Waals surface area contributed by atoms with Crippen molar-refractivity contribution < 1.29 is 28.5 Å². The lowest BCUT2D eigenvalue weighted by molar-refractivity contribution is 0.0727. The first-order valence-electron chi connectivity index (χ1n) is 7.38. The maximum atomic E-state index is 12.5. The summed E-state index contributed by atoms with van der Waals surface area (Å²) in [6.45, 7) is 2.33. The topological polar surface area (TPSA) is 63.2 Å². The smallest absolute Gasteiger partial charge is 0.343 e. The zero-order chi connectivity index (χ0) is 17.5. The van der Waals surface area contributed by atoms with Crippen LogP contribution in [-0.2, 0) is 0 Å². The number of para-hydroxylation sites is 2. The molecule has 0 aliphatic carbocycles. The number of hydrogen-bond donors (Lipinski definition) is 0. The van der Waals surface area contributed by atoms with Gasteiger partial charge >= 0.3 is 5.97 Å². The van der Waals surface area contributed by atoms with E-state index in [4.69, 9.17) is 23.7 Å². The van der Waals surface area contributed by atoms with Gasteiger partial charge in [0.15, 0.2) is 23.0 Å². The minimum absolute atomic E-state index is 0.274. The van der Waals surface area contributed by atoms with E-state index in [9.17, 15) is 4.79 Å². The third kappa shape index (κ3) is 3.71. The van der Waals surface area contributed by atoms with E-state index < -0.39 is 5.97 Å². The molecule has 2 rings (SSSR count). The van der Waals surface area contributed by atoms with Gasteiger partial charge in [0.05, 0.1) is 33.5 Å². The van der Waals surface area contributed by atoms with Crippen molar-refractivity contribution in [3.63, 3.8) is 0 Å². The van der Waals surface area contributed by atoms with Gasteiger partial charge < -0.3 is 23.7 Å². The van der Waals surface area contributed by atoms with Crippen LogP contribution in [0.1, 0.15) is 17.3 Å². The monoisotopic (exact) mass is 332 g/mol. The van der Waals surface area contributed by atoms with Gasteiger partial charge in [-0.2, -0.15) is 0 Å². The van der Waals surface area contributed by atoms with Gasteiger partial charge in [-0.1, -0.05) is 12.1 Å². The minimum atomic E-state index is -0.554. The third-order valence-corrected chi connectivity index (χ3v) is 3.25. The van der Waals surface area contributed by atoms with Crippen molar-refractivity contribution in [1.82, 2.24) is 0 Å². The molecule has 0 radical (unpaired) electrons. The van der Waals surface area contributed by atoms with E-state index >= 15 is 0 Å². The largest absolute Gasteiger partial charge is 0.493 e. The second kappa shape index (κ2) is 8.10. The predicted octanol–water partition coefficient (Wildman–Crippen LogP) is 3.33. The van der Waals surface area contributed by atoms with Crippen LogP contribution in [-0.4, -0.2) is 33.9 Å². The second-order valence-electron chi connectivity index (χ2n) is 4.68. The number of rotatable bonds is 7. The Morgan fingerprint density at radius 1 is 0.875 bits per heavy atom. The standard InChI is InChI=1S/C18H20O6/c1-5-23-13-8-6-7-9-14(13)24-18(19)12-10-15(20-2)17(22-4)16(11-12)21-3/h6-11H,5H2,1-4H3. The SMILES string of the molecule is CCOc1ccccc1OC(=O)c1cc(OC)c(OC)c(OC)c1. The molecule has 0 saturated carbocycles. The van der Waals surface area contributed by atoms with Gasteiger partial charge in [0.1, 0.15) is 0 Å². The molecule has 2 aromatic carbocycles. The maximum absolute atomic E-state index is 12.5. The van der Waals surface area contributed by atoms with Crippen molar-refractivity contribution >= 4 is 5.97 Å². The van der Waals surface area contributed by atoms with Crippen LogP contribution < -0.4 is 23.7 Å². The Morgan fingerprint density at radius 2 is 1.46 bits per heavy atom. The Morgan fingerprint density at radius 3 is 1.96 bits per heavy atom. The van der Waals surface area contributed by atoms with Crippen LogP contribution in [0.4, 0.5) is 0 Å². The molecule has 0 saturated heterocycles. The number of esters is 1. The fourth-order valence-corrected chi connectivity index (χ4v) is 2.17. The highest BCUT2D eigenvalue weighted by molar-refractivity contribution is 5.93. The van der Waals surface area contributed by atoms with Gasteiger partial charge in [0.2, 0.25) is 5.75 Å². The number of hydrogen-bond acceptors (Lipinski definition) is 6. The number of carbonyl (C=O) groups excluding carboxylic acids is 1. The maximum Gasteiger partial charge on any atom is 0.343 e. The highest BCUT2D eigenvalue weighted by atomic mass is 16.6. The van der Waals surface area contributed by atoms with Gasteiger partial charge in [-0.15, -0.1) is 0 Å². The lowest BCUT2D eigenvalue weighted by Crippen LogP contribution is -2.10. The van der Waals surface area contributed by atoms with Crippen molar-refractivity contribution in [3.05, 3.63) is 42.0 Å². The molecule has 0 bridgehead atoms. The van der Waals surface area contributed by atoms with Crippen LogP contribution in [0.25, 0.3) is 0 Å². The highest BCUT2D eigenvalue weighted by Crippen LogP contribution is 2.38. The summed E-state index contributed by atoms with van der Waals surface area (Å²) in [4.78, 5) is 12.5. The van der Waals surface area contributed by atoms with Crippen LogP contribution in [0, 0.1) is 0 Å². The van der Waals surface area contributed by atoms with Gasteiger partial charge in [-0.3, -0.25) is 0 Å². The summed E-state index contributed by atoms with van der Waals surface area (Å²) in [7, 11) is 4.46. The predicted molar refractivity (Wildman–Crippen MR) is 88.7 cm³/mol. The van der Waals surface area contributed by atoms with E-state index in [1.54, 1.807) is 18.2 Å². The molecule has 6 nitrogen and oxygen atoms in total. The van der Waals surface area contributed by atoms with E-state index in [0.717, 1.165) is 0 Å². The van der Waals surface area contributed by atoms with Gasteiger partial charge in [0, 0.05) is 0 Å². The normalized spacial score (nSPS) is 10.0. The first-order valence-corrected chi connectivity index (χ1v) is 7.38. The van der Waals surface area contributed by atoms with Gasteiger partial charge in [-0.05, 0) is 31.2 Å². The molecule has 0 amide bonds. The first kappa shape index (κ1) is 17.5. The molecule has 128 valence electrons. The van der Waals surface area contributed by atoms with Crippen LogP contribution >= 0.6 is 0 Å². The Labute approximate surface area is 140 Å². The van der Waals surface area contributed by atoms with E-state index in [1.807, 2.05) is 13.0 Å². The molecule has 0 spiro atoms. The van der Waals surface area contributed by atoms with Crippen LogP contribution in [0.3, 0.4) is 0 Å². The summed E-state index contributed by atoms with van der Waals surface area (Å²) >= 11 is 0. The van der Waals surface area contributed by atoms with Gasteiger partial charge in [0.25, 0.3) is 0 Å². The average Bonchev–Trinajstić information content (AvgIpc) is 2.62. The molecule has 0 atom stereocenters. The summed E-state index contributed by atoms with van der Waals surface area (Å²) < 4.78 is 26.6. The van der Waals surface area contributed by atoms with E-state index in [1.165, 1.54) is 33.5 Å². The highest BCUT2D eigenvalue weighted by Gasteiger charge is 2.19. The molecule has 24 heavy (non-hydrogen) atoms. The Balaban J connectivity index is 2.33. The lowest BCUT2D eigenvalue weighted by atomic mass is 10.2. The van der Waals surface area contributed by atoms with E-state index in [-0.39, 0.29) is 5.56 Å². The lowest BCUT2D eigenvalue weighted by Gasteiger charge is -2.14. The van der Waals surface area contributed by atoms with Crippen molar-refractivity contribution in [2.75, 3.05) is 27.9 Å². The van der Waals surface area contributed by atoms with Crippen LogP contribution in [0.15, 0.2) is 36.4 Å². The Bertz CT molecular complexity index is 685. The molecule has 0 unspecified atom stereocenters. The van der Waals surface area contributed by atoms with Crippen LogP contribution in [0.5, 0.6) is 28.7 Å². The molecule has 6 heteroatoms. The molecule has 0 heterocycles. The summed E-state index contributed by atoms with van der Waals surface area (Å²) in [6, 6.07) is 10.0. The summed E-state index contributed by atoms with van der Waals surface area (Å²) in [5, 5.41) is 0. The van der Waals surface area contributed by atoms with Crippen molar-refractivity contribution in [2.24, 2.45) is 0 Å². The molecule has 0 aliphatic heterocycles. The van der Waals surface area contributed by atoms with E-state index in [2.05, 4.69) is 0 Å². The number of carbonyl (C=O) groups is 1. The summed E-state index contributed by atoms with van der Waals surface area (Å²) in [6.07, 6.45) is 0. The molecular weight excluding hydrogens is 312 g/mol. The van der Waals surface area contributed by atoms with Crippen molar-refractivity contribution in [2.45, 2.75) is 6.92 Å². The number of ether oxygens (including phenoxy) is 5. The van der Waals surface area contributed by atoms with Crippen molar-refractivity contribution in [3.8, 4) is 28.7 Å². The summed E-state index contributed by atoms with van der Waals surface area (Å²) in [5.41, 5.74) is 0.274. The quantitative estimate of drug-likeness (QED) is 0.572. The van der Waals surface area contributed by atoms with Crippen molar-refractivity contribution in [1.29, 1.82) is 0 Å². The second-order valence-corrected chi connectivity index (χ2v) is 4.68. The van der Waals surface area contributed by atoms with Gasteiger partial charge in [-0.25, -0.2) is 4.79 Å². The number of benzene rings is 2. The minimum Gasteiger partial charge on any atom is -0.493 e. The van der Waals surface area contributed by atoms with Crippen LogP contribution in [0.2, 0.25) is 0 Å². The van der Waals surface area contributed by atoms with E-state index in [0.29, 0.717) is 35.4 Å². The molecule has 2 aromatic rings. The number of methoxy groups -OCH3 is 3. The average molecular weight is 332 g/mol. The molecule has 0 fully saturated rings. The first-order chi connectivity index (χ1) is 11.6. The fourth-order valence-electron chi connectivity index (χ4n) is 2.17. The fraction of sp³-hybridized carbons (Fsp3) is 0.278. The Hall–Kier alpha value is -2.89. The molecule has 0 aromatic heterocycles.